The summed E-state index contributed by atoms with van der Waals surface area (Å²) in [5.41, 5.74) is 5.93. The largest absolute Gasteiger partial charge is 0.380 e. The normalized spacial score (nSPS) is 27.4. The first-order chi connectivity index (χ1) is 7.35. The van der Waals surface area contributed by atoms with E-state index in [1.54, 1.807) is 7.11 Å². The van der Waals surface area contributed by atoms with Crippen molar-refractivity contribution >= 4 is 11.8 Å². The van der Waals surface area contributed by atoms with Crippen molar-refractivity contribution in [2.45, 2.75) is 44.1 Å². The van der Waals surface area contributed by atoms with Crippen molar-refractivity contribution in [1.82, 2.24) is 4.90 Å². The monoisotopic (exact) mass is 246 g/mol. The Kier molecular flexibility index (Phi) is 4.69. The van der Waals surface area contributed by atoms with E-state index < -0.39 is 0 Å². The number of hydrogen-bond donors (Lipinski definition) is 1. The zero-order valence-corrected chi connectivity index (χ0v) is 12.1. The molecule has 2 atom stereocenters. The van der Waals surface area contributed by atoms with Gasteiger partial charge in [-0.2, -0.15) is 11.8 Å². The molecule has 0 bridgehead atoms. The zero-order chi connectivity index (χ0) is 12.4. The Morgan fingerprint density at radius 2 is 2.19 bits per heavy atom. The molecule has 1 saturated heterocycles. The van der Waals surface area contributed by atoms with Crippen LogP contribution in [-0.4, -0.2) is 53.8 Å². The standard InChI is InChI=1S/C12H26N2OS/c1-10(15-5)12(4,8-13)14-6-7-16-11(2,3)9-14/h10H,6-9,13H2,1-5H3. The Labute approximate surface area is 104 Å². The average molecular weight is 246 g/mol. The quantitative estimate of drug-likeness (QED) is 0.817. The molecule has 0 radical (unpaired) electrons. The van der Waals surface area contributed by atoms with Gasteiger partial charge in [-0.05, 0) is 27.7 Å². The first-order valence-electron chi connectivity index (χ1n) is 5.97. The van der Waals surface area contributed by atoms with Gasteiger partial charge in [0.25, 0.3) is 0 Å². The summed E-state index contributed by atoms with van der Waals surface area (Å²) in [5, 5.41) is 0. The molecule has 3 nitrogen and oxygen atoms in total. The molecule has 4 heteroatoms. The van der Waals surface area contributed by atoms with E-state index in [9.17, 15) is 0 Å². The highest BCUT2D eigenvalue weighted by molar-refractivity contribution is 8.00. The van der Waals surface area contributed by atoms with Gasteiger partial charge in [0.2, 0.25) is 0 Å². The van der Waals surface area contributed by atoms with E-state index in [0.717, 1.165) is 13.1 Å². The summed E-state index contributed by atoms with van der Waals surface area (Å²) in [6, 6.07) is 0. The van der Waals surface area contributed by atoms with Crippen LogP contribution in [0, 0.1) is 0 Å². The summed E-state index contributed by atoms with van der Waals surface area (Å²) in [4.78, 5) is 2.50. The highest BCUT2D eigenvalue weighted by atomic mass is 32.2. The predicted octanol–water partition coefficient (Wildman–Crippen LogP) is 1.57. The molecular weight excluding hydrogens is 220 g/mol. The van der Waals surface area contributed by atoms with Crippen molar-refractivity contribution < 1.29 is 4.74 Å². The minimum Gasteiger partial charge on any atom is -0.380 e. The van der Waals surface area contributed by atoms with Gasteiger partial charge >= 0.3 is 0 Å². The lowest BCUT2D eigenvalue weighted by atomic mass is 9.92. The lowest BCUT2D eigenvalue weighted by Crippen LogP contribution is -2.63. The second-order valence-corrected chi connectivity index (χ2v) is 7.27. The van der Waals surface area contributed by atoms with E-state index in [-0.39, 0.29) is 11.6 Å². The summed E-state index contributed by atoms with van der Waals surface area (Å²) in [7, 11) is 1.77. The summed E-state index contributed by atoms with van der Waals surface area (Å²) < 4.78 is 5.82. The number of rotatable bonds is 4. The SMILES string of the molecule is COC(C)C(C)(CN)N1CCSC(C)(C)C1. The van der Waals surface area contributed by atoms with Crippen LogP contribution in [0.2, 0.25) is 0 Å². The van der Waals surface area contributed by atoms with Crippen molar-refractivity contribution in [3.05, 3.63) is 0 Å². The third-order valence-electron chi connectivity index (χ3n) is 3.79. The summed E-state index contributed by atoms with van der Waals surface area (Å²) in [5.74, 6) is 1.18. The molecule has 0 amide bonds. The van der Waals surface area contributed by atoms with E-state index in [1.165, 1.54) is 5.75 Å². The van der Waals surface area contributed by atoms with Crippen LogP contribution in [0.1, 0.15) is 27.7 Å². The van der Waals surface area contributed by atoms with Gasteiger partial charge < -0.3 is 10.5 Å². The Balaban J connectivity index is 2.79. The first kappa shape index (κ1) is 14.3. The summed E-state index contributed by atoms with van der Waals surface area (Å²) in [6.07, 6.45) is 0.163. The van der Waals surface area contributed by atoms with E-state index >= 15 is 0 Å². The molecule has 1 rings (SSSR count). The number of ether oxygens (including phenoxy) is 1. The number of thioether (sulfide) groups is 1. The Morgan fingerprint density at radius 1 is 1.56 bits per heavy atom. The van der Waals surface area contributed by atoms with Crippen LogP contribution in [0.3, 0.4) is 0 Å². The molecular formula is C12H26N2OS. The third-order valence-corrected chi connectivity index (χ3v) is 5.09. The molecule has 0 aliphatic carbocycles. The molecule has 96 valence electrons. The summed E-state index contributed by atoms with van der Waals surface area (Å²) >= 11 is 2.05. The van der Waals surface area contributed by atoms with Crippen LogP contribution in [-0.2, 0) is 4.74 Å². The maximum atomic E-state index is 5.97. The van der Waals surface area contributed by atoms with E-state index in [0.29, 0.717) is 11.3 Å². The molecule has 0 aromatic heterocycles. The molecule has 1 aliphatic heterocycles. The van der Waals surface area contributed by atoms with Crippen molar-refractivity contribution in [3.8, 4) is 0 Å². The number of nitrogens with two attached hydrogens (primary N) is 1. The Morgan fingerprint density at radius 3 is 2.62 bits per heavy atom. The van der Waals surface area contributed by atoms with Crippen LogP contribution >= 0.6 is 11.8 Å². The van der Waals surface area contributed by atoms with Crippen molar-refractivity contribution in [3.63, 3.8) is 0 Å². The van der Waals surface area contributed by atoms with Crippen LogP contribution in [0.25, 0.3) is 0 Å². The topological polar surface area (TPSA) is 38.5 Å². The third kappa shape index (κ3) is 2.92. The molecule has 0 saturated carbocycles. The van der Waals surface area contributed by atoms with Gasteiger partial charge in [-0.3, -0.25) is 4.90 Å². The van der Waals surface area contributed by atoms with Crippen molar-refractivity contribution in [2.75, 3.05) is 32.5 Å². The zero-order valence-electron chi connectivity index (χ0n) is 11.2. The minimum atomic E-state index is -0.0486. The first-order valence-corrected chi connectivity index (χ1v) is 6.96. The van der Waals surface area contributed by atoms with Crippen LogP contribution in [0.5, 0.6) is 0 Å². The second kappa shape index (κ2) is 5.25. The van der Waals surface area contributed by atoms with Gasteiger partial charge in [0.05, 0.1) is 11.6 Å². The second-order valence-electron chi connectivity index (χ2n) is 5.47. The molecule has 0 aromatic rings. The van der Waals surface area contributed by atoms with Crippen LogP contribution in [0.15, 0.2) is 0 Å². The molecule has 2 N–H and O–H groups in total. The Bertz CT molecular complexity index is 235. The number of hydrogen-bond acceptors (Lipinski definition) is 4. The molecule has 1 fully saturated rings. The van der Waals surface area contributed by atoms with Gasteiger partial charge in [-0.15, -0.1) is 0 Å². The fraction of sp³-hybridized carbons (Fsp3) is 1.00. The van der Waals surface area contributed by atoms with Crippen LogP contribution < -0.4 is 5.73 Å². The lowest BCUT2D eigenvalue weighted by molar-refractivity contribution is -0.0328. The maximum Gasteiger partial charge on any atom is 0.0736 e. The van der Waals surface area contributed by atoms with E-state index in [4.69, 9.17) is 10.5 Å². The van der Waals surface area contributed by atoms with Gasteiger partial charge in [-0.1, -0.05) is 0 Å². The van der Waals surface area contributed by atoms with Crippen molar-refractivity contribution in [2.24, 2.45) is 5.73 Å². The van der Waals surface area contributed by atoms with Gasteiger partial charge in [0.1, 0.15) is 0 Å². The summed E-state index contributed by atoms with van der Waals surface area (Å²) in [6.45, 7) is 11.8. The van der Waals surface area contributed by atoms with Gasteiger partial charge in [0.15, 0.2) is 0 Å². The van der Waals surface area contributed by atoms with Crippen molar-refractivity contribution in [1.29, 1.82) is 0 Å². The predicted molar refractivity (Wildman–Crippen MR) is 72.0 cm³/mol. The Hall–Kier alpha value is 0.230. The van der Waals surface area contributed by atoms with Gasteiger partial charge in [0, 0.05) is 37.2 Å². The molecule has 1 heterocycles. The highest BCUT2D eigenvalue weighted by Crippen LogP contribution is 2.34. The molecule has 2 unspecified atom stereocenters. The number of methoxy groups -OCH3 is 1. The highest BCUT2D eigenvalue weighted by Gasteiger charge is 2.41. The smallest absolute Gasteiger partial charge is 0.0736 e. The molecule has 0 spiro atoms. The van der Waals surface area contributed by atoms with Gasteiger partial charge in [-0.25, -0.2) is 0 Å². The maximum absolute atomic E-state index is 5.97. The molecule has 16 heavy (non-hydrogen) atoms. The minimum absolute atomic E-state index is 0.0486. The molecule has 0 aromatic carbocycles. The average Bonchev–Trinajstić information content (AvgIpc) is 2.25. The van der Waals surface area contributed by atoms with E-state index in [1.807, 2.05) is 11.8 Å². The number of nitrogens with zero attached hydrogens (tertiary/aromatic N) is 1. The fourth-order valence-corrected chi connectivity index (χ4v) is 3.37. The van der Waals surface area contributed by atoms with Crippen LogP contribution in [0.4, 0.5) is 0 Å². The fourth-order valence-electron chi connectivity index (χ4n) is 2.26. The lowest BCUT2D eigenvalue weighted by Gasteiger charge is -2.49. The van der Waals surface area contributed by atoms with E-state index in [2.05, 4.69) is 32.6 Å². The molecule has 1 aliphatic rings.